The fourth-order valence-corrected chi connectivity index (χ4v) is 2.91. The van der Waals surface area contributed by atoms with Crippen LogP contribution in [0.3, 0.4) is 0 Å². The lowest BCUT2D eigenvalue weighted by Crippen LogP contribution is -2.49. The normalized spacial score (nSPS) is 17.8. The second-order valence-electron chi connectivity index (χ2n) is 5.41. The monoisotopic (exact) mass is 305 g/mol. The number of hydrogen-bond donors (Lipinski definition) is 2. The van der Waals surface area contributed by atoms with Gasteiger partial charge in [-0.3, -0.25) is 4.79 Å². The van der Waals surface area contributed by atoms with Crippen molar-refractivity contribution in [3.8, 4) is 0 Å². The number of rotatable bonds is 4. The fourth-order valence-electron chi connectivity index (χ4n) is 2.72. The van der Waals surface area contributed by atoms with Crippen LogP contribution in [0.15, 0.2) is 24.3 Å². The molecule has 0 aliphatic heterocycles. The summed E-state index contributed by atoms with van der Waals surface area (Å²) >= 11 is 6.06. The highest BCUT2D eigenvalue weighted by Gasteiger charge is 2.46. The Morgan fingerprint density at radius 3 is 2.86 bits per heavy atom. The Bertz CT molecular complexity index is 639. The number of nitrogens with one attached hydrogen (secondary N) is 2. The first-order valence-electron chi connectivity index (χ1n) is 6.92. The Balaban J connectivity index is 1.81. The summed E-state index contributed by atoms with van der Waals surface area (Å²) in [5.41, 5.74) is 0.488. The van der Waals surface area contributed by atoms with Crippen molar-refractivity contribution in [2.45, 2.75) is 37.6 Å². The number of carbonyl (C=O) groups excluding carboxylic acids is 1. The number of aromatic nitrogens is 4. The van der Waals surface area contributed by atoms with E-state index < -0.39 is 5.41 Å². The van der Waals surface area contributed by atoms with Gasteiger partial charge < -0.3 is 5.32 Å². The van der Waals surface area contributed by atoms with Crippen LogP contribution in [0.1, 0.15) is 43.6 Å². The van der Waals surface area contributed by atoms with Gasteiger partial charge in [0.05, 0.1) is 11.5 Å². The Morgan fingerprint density at radius 2 is 2.29 bits per heavy atom. The van der Waals surface area contributed by atoms with Crippen LogP contribution in [0.25, 0.3) is 0 Å². The number of halogens is 1. The summed E-state index contributed by atoms with van der Waals surface area (Å²) in [6, 6.07) is 7.25. The van der Waals surface area contributed by atoms with Gasteiger partial charge in [0, 0.05) is 5.02 Å². The zero-order valence-corrected chi connectivity index (χ0v) is 12.4. The van der Waals surface area contributed by atoms with Crippen LogP contribution in [0.2, 0.25) is 5.02 Å². The van der Waals surface area contributed by atoms with Gasteiger partial charge in [-0.05, 0) is 37.5 Å². The number of hydrogen-bond acceptors (Lipinski definition) is 4. The first kappa shape index (κ1) is 14.0. The van der Waals surface area contributed by atoms with Gasteiger partial charge in [0.2, 0.25) is 5.91 Å². The molecule has 1 aromatic carbocycles. The van der Waals surface area contributed by atoms with E-state index in [1.165, 1.54) is 0 Å². The lowest BCUT2D eigenvalue weighted by Gasteiger charge is -2.41. The highest BCUT2D eigenvalue weighted by molar-refractivity contribution is 6.30. The number of carbonyl (C=O) groups is 1. The molecule has 2 aromatic rings. The highest BCUT2D eigenvalue weighted by Crippen LogP contribution is 2.44. The van der Waals surface area contributed by atoms with Crippen LogP contribution < -0.4 is 5.32 Å². The van der Waals surface area contributed by atoms with Gasteiger partial charge in [0.1, 0.15) is 0 Å². The molecule has 1 fully saturated rings. The first-order chi connectivity index (χ1) is 10.1. The molecule has 1 aromatic heterocycles. The molecule has 6 nitrogen and oxygen atoms in total. The summed E-state index contributed by atoms with van der Waals surface area (Å²) in [4.78, 5) is 12.7. The van der Waals surface area contributed by atoms with Crippen LogP contribution in [0.4, 0.5) is 0 Å². The molecular weight excluding hydrogens is 290 g/mol. The van der Waals surface area contributed by atoms with Crippen molar-refractivity contribution in [2.24, 2.45) is 0 Å². The van der Waals surface area contributed by atoms with Gasteiger partial charge >= 0.3 is 0 Å². The second-order valence-corrected chi connectivity index (χ2v) is 5.85. The predicted octanol–water partition coefficient (Wildman–Crippen LogP) is 2.15. The smallest absolute Gasteiger partial charge is 0.231 e. The third-order valence-corrected chi connectivity index (χ3v) is 4.35. The SMILES string of the molecule is CC(NC(=O)C1(c2cccc(Cl)c2)CCC1)c1nn[nH]n1. The number of amides is 1. The third-order valence-electron chi connectivity index (χ3n) is 4.12. The minimum Gasteiger partial charge on any atom is -0.345 e. The Kier molecular flexibility index (Phi) is 3.63. The van der Waals surface area contributed by atoms with Crippen molar-refractivity contribution in [3.05, 3.63) is 40.7 Å². The van der Waals surface area contributed by atoms with E-state index in [4.69, 9.17) is 11.6 Å². The summed E-state index contributed by atoms with van der Waals surface area (Å²) in [6.07, 6.45) is 2.70. The molecule has 1 unspecified atom stereocenters. The van der Waals surface area contributed by atoms with Crippen LogP contribution >= 0.6 is 11.6 Å². The van der Waals surface area contributed by atoms with E-state index in [1.807, 2.05) is 31.2 Å². The van der Waals surface area contributed by atoms with E-state index in [0.29, 0.717) is 10.8 Å². The molecule has 1 heterocycles. The van der Waals surface area contributed by atoms with Crippen LogP contribution in [0, 0.1) is 0 Å². The van der Waals surface area contributed by atoms with Crippen molar-refractivity contribution >= 4 is 17.5 Å². The maximum absolute atomic E-state index is 12.7. The van der Waals surface area contributed by atoms with Crippen LogP contribution in [-0.2, 0) is 10.2 Å². The Hall–Kier alpha value is -1.95. The molecule has 0 spiro atoms. The van der Waals surface area contributed by atoms with Gasteiger partial charge in [-0.25, -0.2) is 0 Å². The molecule has 7 heteroatoms. The lowest BCUT2D eigenvalue weighted by molar-refractivity contribution is -0.130. The van der Waals surface area contributed by atoms with Gasteiger partial charge in [-0.15, -0.1) is 10.2 Å². The summed E-state index contributed by atoms with van der Waals surface area (Å²) in [7, 11) is 0. The number of tetrazole rings is 1. The van der Waals surface area contributed by atoms with E-state index in [9.17, 15) is 4.79 Å². The molecule has 0 bridgehead atoms. The summed E-state index contributed by atoms with van der Waals surface area (Å²) in [6.45, 7) is 1.84. The second kappa shape index (κ2) is 5.44. The lowest BCUT2D eigenvalue weighted by atomic mass is 9.63. The van der Waals surface area contributed by atoms with Gasteiger partial charge in [0.15, 0.2) is 5.82 Å². The summed E-state index contributed by atoms with van der Waals surface area (Å²) < 4.78 is 0. The van der Waals surface area contributed by atoms with Crippen LogP contribution in [-0.4, -0.2) is 26.5 Å². The molecule has 1 aliphatic carbocycles. The summed E-state index contributed by atoms with van der Waals surface area (Å²) in [5, 5.41) is 17.3. The largest absolute Gasteiger partial charge is 0.345 e. The molecule has 0 saturated heterocycles. The van der Waals surface area contributed by atoms with E-state index in [0.717, 1.165) is 24.8 Å². The van der Waals surface area contributed by atoms with Gasteiger partial charge in [-0.2, -0.15) is 5.21 Å². The molecule has 2 N–H and O–H groups in total. The maximum atomic E-state index is 12.7. The fraction of sp³-hybridized carbons (Fsp3) is 0.429. The number of benzene rings is 1. The van der Waals surface area contributed by atoms with Crippen molar-refractivity contribution in [2.75, 3.05) is 0 Å². The average molecular weight is 306 g/mol. The highest BCUT2D eigenvalue weighted by atomic mass is 35.5. The third kappa shape index (κ3) is 2.51. The molecule has 21 heavy (non-hydrogen) atoms. The number of aromatic amines is 1. The van der Waals surface area contributed by atoms with Crippen molar-refractivity contribution in [1.29, 1.82) is 0 Å². The standard InChI is InChI=1S/C14H16ClN5O/c1-9(12-17-19-20-18-12)16-13(21)14(6-3-7-14)10-4-2-5-11(15)8-10/h2,4-5,8-9H,3,6-7H2,1H3,(H,16,21)(H,17,18,19,20). The maximum Gasteiger partial charge on any atom is 0.231 e. The zero-order valence-electron chi connectivity index (χ0n) is 11.6. The zero-order chi connectivity index (χ0) is 14.9. The van der Waals surface area contributed by atoms with E-state index in [2.05, 4.69) is 25.9 Å². The molecule has 110 valence electrons. The average Bonchev–Trinajstić information content (AvgIpc) is 2.91. The Labute approximate surface area is 127 Å². The predicted molar refractivity (Wildman–Crippen MR) is 77.7 cm³/mol. The molecule has 1 atom stereocenters. The number of H-pyrrole nitrogens is 1. The molecular formula is C14H16ClN5O. The number of nitrogens with zero attached hydrogens (tertiary/aromatic N) is 3. The molecule has 1 saturated carbocycles. The van der Waals surface area contributed by atoms with Crippen LogP contribution in [0.5, 0.6) is 0 Å². The summed E-state index contributed by atoms with van der Waals surface area (Å²) in [5.74, 6) is 0.470. The molecule has 1 amide bonds. The van der Waals surface area contributed by atoms with Crippen molar-refractivity contribution in [3.63, 3.8) is 0 Å². The van der Waals surface area contributed by atoms with E-state index in [1.54, 1.807) is 0 Å². The first-order valence-corrected chi connectivity index (χ1v) is 7.30. The van der Waals surface area contributed by atoms with E-state index >= 15 is 0 Å². The quantitative estimate of drug-likeness (QED) is 0.906. The van der Waals surface area contributed by atoms with Gasteiger partial charge in [0.25, 0.3) is 0 Å². The minimum absolute atomic E-state index is 0.00619. The molecule has 1 aliphatic rings. The van der Waals surface area contributed by atoms with Crippen molar-refractivity contribution < 1.29 is 4.79 Å². The van der Waals surface area contributed by atoms with Gasteiger partial charge in [-0.1, -0.05) is 35.4 Å². The molecule has 0 radical (unpaired) electrons. The Morgan fingerprint density at radius 1 is 1.48 bits per heavy atom. The van der Waals surface area contributed by atoms with Crippen molar-refractivity contribution in [1.82, 2.24) is 25.9 Å². The minimum atomic E-state index is -0.483. The molecule has 3 rings (SSSR count). The van der Waals surface area contributed by atoms with E-state index in [-0.39, 0.29) is 11.9 Å². The topological polar surface area (TPSA) is 83.6 Å².